The van der Waals surface area contributed by atoms with E-state index in [9.17, 15) is 0 Å². The molecule has 0 spiro atoms. The van der Waals surface area contributed by atoms with Gasteiger partial charge < -0.3 is 10.2 Å². The first kappa shape index (κ1) is 12.4. The zero-order valence-electron chi connectivity index (χ0n) is 11.0. The van der Waals surface area contributed by atoms with Crippen molar-refractivity contribution < 1.29 is 0 Å². The number of hydrogen-bond donors (Lipinski definition) is 1. The summed E-state index contributed by atoms with van der Waals surface area (Å²) in [5, 5.41) is 3.42. The lowest BCUT2D eigenvalue weighted by molar-refractivity contribution is 0.104. The summed E-state index contributed by atoms with van der Waals surface area (Å²) in [7, 11) is 4.48. The summed E-state index contributed by atoms with van der Waals surface area (Å²) in [5.41, 5.74) is 0. The maximum absolute atomic E-state index is 3.42. The van der Waals surface area contributed by atoms with E-state index in [2.05, 4.69) is 24.3 Å². The van der Waals surface area contributed by atoms with Crippen LogP contribution in [0.25, 0.3) is 0 Å². The fourth-order valence-electron chi connectivity index (χ4n) is 3.56. The summed E-state index contributed by atoms with van der Waals surface area (Å²) in [4.78, 5) is 2.71. The normalized spacial score (nSPS) is 33.2. The molecule has 0 aromatic carbocycles. The molecule has 0 amide bonds. The summed E-state index contributed by atoms with van der Waals surface area (Å²) in [6.07, 6.45) is 12.8. The molecule has 0 radical (unpaired) electrons. The Morgan fingerprint density at radius 3 is 1.94 bits per heavy atom. The molecule has 2 aliphatic rings. The predicted octanol–water partition coefficient (Wildman–Crippen LogP) is 2.78. The lowest BCUT2D eigenvalue weighted by Gasteiger charge is -2.40. The quantitative estimate of drug-likeness (QED) is 0.793. The van der Waals surface area contributed by atoms with E-state index in [1.54, 1.807) is 0 Å². The molecule has 2 aliphatic carbocycles. The average Bonchev–Trinajstić information content (AvgIpc) is 2.39. The molecule has 2 rings (SSSR count). The first-order valence-corrected chi connectivity index (χ1v) is 7.20. The molecular formula is C14H28N2. The molecule has 16 heavy (non-hydrogen) atoms. The minimum Gasteiger partial charge on any atom is -0.317 e. The van der Waals surface area contributed by atoms with Crippen molar-refractivity contribution in [2.45, 2.75) is 75.9 Å². The largest absolute Gasteiger partial charge is 0.317 e. The van der Waals surface area contributed by atoms with Crippen LogP contribution in [0.5, 0.6) is 0 Å². The van der Waals surface area contributed by atoms with E-state index in [0.717, 1.165) is 18.1 Å². The Kier molecular flexibility index (Phi) is 4.66. The molecule has 0 aromatic heterocycles. The SMILES string of the molecule is CNC1CCC(N(C)C2CCCCC2)CC1. The molecule has 0 aromatic rings. The lowest BCUT2D eigenvalue weighted by Crippen LogP contribution is -2.45. The Balaban J connectivity index is 1.78. The number of hydrogen-bond acceptors (Lipinski definition) is 2. The van der Waals surface area contributed by atoms with Crippen molar-refractivity contribution in [1.82, 2.24) is 10.2 Å². The highest BCUT2D eigenvalue weighted by molar-refractivity contribution is 4.85. The van der Waals surface area contributed by atoms with Gasteiger partial charge in [-0.25, -0.2) is 0 Å². The van der Waals surface area contributed by atoms with Crippen LogP contribution in [0, 0.1) is 0 Å². The number of nitrogens with zero attached hydrogens (tertiary/aromatic N) is 1. The van der Waals surface area contributed by atoms with Gasteiger partial charge in [-0.1, -0.05) is 19.3 Å². The first-order valence-electron chi connectivity index (χ1n) is 7.20. The van der Waals surface area contributed by atoms with Crippen LogP contribution in [0.4, 0.5) is 0 Å². The highest BCUT2D eigenvalue weighted by Gasteiger charge is 2.27. The molecule has 94 valence electrons. The van der Waals surface area contributed by atoms with Crippen LogP contribution in [0.2, 0.25) is 0 Å². The molecule has 1 N–H and O–H groups in total. The Bertz CT molecular complexity index is 191. The van der Waals surface area contributed by atoms with Crippen LogP contribution < -0.4 is 5.32 Å². The van der Waals surface area contributed by atoms with Crippen LogP contribution >= 0.6 is 0 Å². The van der Waals surface area contributed by atoms with Crippen LogP contribution in [0.3, 0.4) is 0 Å². The van der Waals surface area contributed by atoms with Gasteiger partial charge in [-0.05, 0) is 52.6 Å². The summed E-state index contributed by atoms with van der Waals surface area (Å²) < 4.78 is 0. The van der Waals surface area contributed by atoms with Crippen molar-refractivity contribution in [3.63, 3.8) is 0 Å². The van der Waals surface area contributed by atoms with Gasteiger partial charge in [-0.2, -0.15) is 0 Å². The molecular weight excluding hydrogens is 196 g/mol. The Labute approximate surface area is 101 Å². The van der Waals surface area contributed by atoms with E-state index in [-0.39, 0.29) is 0 Å². The molecule has 0 bridgehead atoms. The molecule has 0 aliphatic heterocycles. The van der Waals surface area contributed by atoms with Gasteiger partial charge in [0.2, 0.25) is 0 Å². The molecule has 2 heteroatoms. The van der Waals surface area contributed by atoms with Gasteiger partial charge in [-0.15, -0.1) is 0 Å². The molecule has 0 saturated heterocycles. The van der Waals surface area contributed by atoms with Gasteiger partial charge in [0.25, 0.3) is 0 Å². The minimum absolute atomic E-state index is 0.788. The van der Waals surface area contributed by atoms with E-state index >= 15 is 0 Å². The van der Waals surface area contributed by atoms with Crippen LogP contribution in [0.15, 0.2) is 0 Å². The van der Waals surface area contributed by atoms with Gasteiger partial charge in [0, 0.05) is 18.1 Å². The Morgan fingerprint density at radius 1 is 0.812 bits per heavy atom. The maximum atomic E-state index is 3.42. The van der Waals surface area contributed by atoms with E-state index in [0.29, 0.717) is 0 Å². The van der Waals surface area contributed by atoms with Crippen molar-refractivity contribution in [1.29, 1.82) is 0 Å². The summed E-state index contributed by atoms with van der Waals surface area (Å²) in [6, 6.07) is 2.55. The molecule has 0 atom stereocenters. The maximum Gasteiger partial charge on any atom is 0.00963 e. The Morgan fingerprint density at radius 2 is 1.38 bits per heavy atom. The van der Waals surface area contributed by atoms with E-state index in [1.807, 2.05) is 0 Å². The van der Waals surface area contributed by atoms with Gasteiger partial charge in [0.15, 0.2) is 0 Å². The second kappa shape index (κ2) is 6.02. The summed E-state index contributed by atoms with van der Waals surface area (Å²) in [6.45, 7) is 0. The van der Waals surface area contributed by atoms with Crippen LogP contribution in [-0.2, 0) is 0 Å². The van der Waals surface area contributed by atoms with Crippen molar-refractivity contribution >= 4 is 0 Å². The second-order valence-corrected chi connectivity index (χ2v) is 5.75. The van der Waals surface area contributed by atoms with E-state index in [4.69, 9.17) is 0 Å². The fraction of sp³-hybridized carbons (Fsp3) is 1.00. The molecule has 0 unspecified atom stereocenters. The summed E-state index contributed by atoms with van der Waals surface area (Å²) in [5.74, 6) is 0. The topological polar surface area (TPSA) is 15.3 Å². The first-order chi connectivity index (χ1) is 7.81. The van der Waals surface area contributed by atoms with Crippen molar-refractivity contribution in [2.24, 2.45) is 0 Å². The van der Waals surface area contributed by atoms with E-state index in [1.165, 1.54) is 57.8 Å². The minimum atomic E-state index is 0.788. The highest BCUT2D eigenvalue weighted by Crippen LogP contribution is 2.28. The van der Waals surface area contributed by atoms with Crippen molar-refractivity contribution in [2.75, 3.05) is 14.1 Å². The van der Waals surface area contributed by atoms with Gasteiger partial charge in [0.1, 0.15) is 0 Å². The zero-order valence-corrected chi connectivity index (χ0v) is 11.0. The van der Waals surface area contributed by atoms with E-state index < -0.39 is 0 Å². The molecule has 2 fully saturated rings. The zero-order chi connectivity index (χ0) is 11.4. The smallest absolute Gasteiger partial charge is 0.00963 e. The lowest BCUT2D eigenvalue weighted by atomic mass is 9.87. The van der Waals surface area contributed by atoms with Gasteiger partial charge in [-0.3, -0.25) is 0 Å². The third-order valence-corrected chi connectivity index (χ3v) is 4.83. The average molecular weight is 224 g/mol. The second-order valence-electron chi connectivity index (χ2n) is 5.75. The fourth-order valence-corrected chi connectivity index (χ4v) is 3.56. The summed E-state index contributed by atoms with van der Waals surface area (Å²) >= 11 is 0. The number of nitrogens with one attached hydrogen (secondary N) is 1. The van der Waals surface area contributed by atoms with Gasteiger partial charge in [0.05, 0.1) is 0 Å². The highest BCUT2D eigenvalue weighted by atomic mass is 15.2. The third kappa shape index (κ3) is 2.98. The van der Waals surface area contributed by atoms with Crippen LogP contribution in [-0.4, -0.2) is 37.1 Å². The monoisotopic (exact) mass is 224 g/mol. The molecule has 0 heterocycles. The molecule has 2 saturated carbocycles. The predicted molar refractivity (Wildman–Crippen MR) is 69.7 cm³/mol. The van der Waals surface area contributed by atoms with Crippen molar-refractivity contribution in [3.05, 3.63) is 0 Å². The number of rotatable bonds is 3. The third-order valence-electron chi connectivity index (χ3n) is 4.83. The Hall–Kier alpha value is -0.0800. The van der Waals surface area contributed by atoms with Gasteiger partial charge >= 0.3 is 0 Å². The standard InChI is InChI=1S/C14H28N2/c1-15-12-8-10-14(11-9-12)16(2)13-6-4-3-5-7-13/h12-15H,3-11H2,1-2H3. The van der Waals surface area contributed by atoms with Crippen molar-refractivity contribution in [3.8, 4) is 0 Å². The molecule has 2 nitrogen and oxygen atoms in total. The van der Waals surface area contributed by atoms with Crippen LogP contribution in [0.1, 0.15) is 57.8 Å².